The summed E-state index contributed by atoms with van der Waals surface area (Å²) >= 11 is 0. The molecule has 0 radical (unpaired) electrons. The molecule has 0 unspecified atom stereocenters. The van der Waals surface area contributed by atoms with E-state index in [9.17, 15) is 0 Å². The zero-order chi connectivity index (χ0) is 15.8. The minimum Gasteiger partial charge on any atom is -0.466 e. The lowest BCUT2D eigenvalue weighted by atomic mass is 9.98. The summed E-state index contributed by atoms with van der Waals surface area (Å²) in [5, 5.41) is 1.17. The molecular formula is C21H18ClNO. The zero-order valence-electron chi connectivity index (χ0n) is 13.6. The van der Waals surface area contributed by atoms with E-state index < -0.39 is 0 Å². The lowest BCUT2D eigenvalue weighted by molar-refractivity contribution is 0.505. The first-order chi connectivity index (χ1) is 11.2. The number of aromatic nitrogens is 1. The van der Waals surface area contributed by atoms with E-state index >= 15 is 0 Å². The second-order valence-corrected chi connectivity index (χ2v) is 5.77. The van der Waals surface area contributed by atoms with Gasteiger partial charge in [-0.3, -0.25) is 0 Å². The number of para-hydroxylation sites is 1. The molecule has 4 aromatic rings. The van der Waals surface area contributed by atoms with Crippen molar-refractivity contribution in [1.82, 2.24) is 4.98 Å². The number of benzene rings is 2. The maximum atomic E-state index is 5.69. The Morgan fingerprint density at radius 3 is 2.21 bits per heavy atom. The van der Waals surface area contributed by atoms with Crippen LogP contribution < -0.4 is 0 Å². The number of rotatable bonds is 2. The van der Waals surface area contributed by atoms with Crippen molar-refractivity contribution in [2.24, 2.45) is 0 Å². The summed E-state index contributed by atoms with van der Waals surface area (Å²) in [6.45, 7) is 3.96. The Morgan fingerprint density at radius 1 is 0.792 bits per heavy atom. The van der Waals surface area contributed by atoms with Gasteiger partial charge < -0.3 is 4.42 Å². The van der Waals surface area contributed by atoms with Crippen LogP contribution in [0.3, 0.4) is 0 Å². The van der Waals surface area contributed by atoms with E-state index in [2.05, 4.69) is 54.6 Å². The highest BCUT2D eigenvalue weighted by molar-refractivity contribution is 5.96. The molecule has 24 heavy (non-hydrogen) atoms. The quantitative estimate of drug-likeness (QED) is 0.436. The molecule has 2 aromatic heterocycles. The van der Waals surface area contributed by atoms with Gasteiger partial charge in [-0.15, -0.1) is 12.4 Å². The van der Waals surface area contributed by atoms with Gasteiger partial charge in [0.05, 0.1) is 11.2 Å². The van der Waals surface area contributed by atoms with E-state index in [0.717, 1.165) is 28.3 Å². The lowest BCUT2D eigenvalue weighted by Gasteiger charge is -2.09. The van der Waals surface area contributed by atoms with Crippen molar-refractivity contribution >= 4 is 23.3 Å². The predicted octanol–water partition coefficient (Wildman–Crippen LogP) is 6.20. The van der Waals surface area contributed by atoms with E-state index in [4.69, 9.17) is 9.40 Å². The maximum Gasteiger partial charge on any atom is 0.110 e. The van der Waals surface area contributed by atoms with Gasteiger partial charge in [0.1, 0.15) is 11.5 Å². The number of nitrogens with zero attached hydrogens (tertiary/aromatic N) is 1. The molecule has 4 rings (SSSR count). The standard InChI is InChI=1S/C21H17NO.ClH/c1-14-12-18(15(2)23-14)21-13-19(16-8-4-3-5-9-16)17-10-6-7-11-20(17)22-21;/h3-13H,1-2H3;1H. The number of furan rings is 1. The summed E-state index contributed by atoms with van der Waals surface area (Å²) in [7, 11) is 0. The highest BCUT2D eigenvalue weighted by atomic mass is 35.5. The van der Waals surface area contributed by atoms with Crippen LogP contribution in [-0.4, -0.2) is 4.98 Å². The molecule has 2 nitrogen and oxygen atoms in total. The Bertz CT molecular complexity index is 989. The molecule has 120 valence electrons. The first-order valence-corrected chi connectivity index (χ1v) is 7.75. The molecule has 2 heterocycles. The molecule has 0 fully saturated rings. The molecule has 0 atom stereocenters. The number of pyridine rings is 1. The van der Waals surface area contributed by atoms with Gasteiger partial charge in [0.25, 0.3) is 0 Å². The van der Waals surface area contributed by atoms with Crippen LogP contribution in [0.5, 0.6) is 0 Å². The Labute approximate surface area is 147 Å². The molecule has 3 heteroatoms. The fourth-order valence-corrected chi connectivity index (χ4v) is 3.06. The second-order valence-electron chi connectivity index (χ2n) is 5.77. The number of aryl methyl sites for hydroxylation is 2. The van der Waals surface area contributed by atoms with E-state index in [0.29, 0.717) is 0 Å². The van der Waals surface area contributed by atoms with Crippen molar-refractivity contribution in [3.8, 4) is 22.4 Å². The molecule has 0 amide bonds. The van der Waals surface area contributed by atoms with Gasteiger partial charge in [-0.2, -0.15) is 0 Å². The molecule has 2 aromatic carbocycles. The first-order valence-electron chi connectivity index (χ1n) is 7.75. The third kappa shape index (κ3) is 2.81. The molecular weight excluding hydrogens is 318 g/mol. The summed E-state index contributed by atoms with van der Waals surface area (Å²) in [5.74, 6) is 1.82. The van der Waals surface area contributed by atoms with Gasteiger partial charge in [-0.1, -0.05) is 48.5 Å². The average molecular weight is 336 g/mol. The Hall–Kier alpha value is -2.58. The third-order valence-electron chi connectivity index (χ3n) is 4.12. The third-order valence-corrected chi connectivity index (χ3v) is 4.12. The van der Waals surface area contributed by atoms with Crippen LogP contribution in [-0.2, 0) is 0 Å². The highest BCUT2D eigenvalue weighted by Crippen LogP contribution is 2.33. The molecule has 0 saturated heterocycles. The minimum absolute atomic E-state index is 0. The molecule has 0 N–H and O–H groups in total. The molecule has 0 aliphatic carbocycles. The summed E-state index contributed by atoms with van der Waals surface area (Å²) in [6.07, 6.45) is 0. The van der Waals surface area contributed by atoms with Gasteiger partial charge >= 0.3 is 0 Å². The van der Waals surface area contributed by atoms with E-state index in [1.54, 1.807) is 0 Å². The predicted molar refractivity (Wildman–Crippen MR) is 102 cm³/mol. The van der Waals surface area contributed by atoms with Gasteiger partial charge in [0.2, 0.25) is 0 Å². The molecule has 0 aliphatic rings. The van der Waals surface area contributed by atoms with E-state index in [-0.39, 0.29) is 12.4 Å². The maximum absolute atomic E-state index is 5.69. The van der Waals surface area contributed by atoms with Gasteiger partial charge in [0.15, 0.2) is 0 Å². The highest BCUT2D eigenvalue weighted by Gasteiger charge is 2.13. The van der Waals surface area contributed by atoms with Crippen molar-refractivity contribution in [1.29, 1.82) is 0 Å². The SMILES string of the molecule is Cc1cc(-c2cc(-c3ccccc3)c3ccccc3n2)c(C)o1.Cl. The topological polar surface area (TPSA) is 26.0 Å². The van der Waals surface area contributed by atoms with Crippen LogP contribution in [0, 0.1) is 13.8 Å². The zero-order valence-corrected chi connectivity index (χ0v) is 14.4. The van der Waals surface area contributed by atoms with Crippen LogP contribution in [0.25, 0.3) is 33.3 Å². The van der Waals surface area contributed by atoms with E-state index in [1.807, 2.05) is 26.0 Å². The summed E-state index contributed by atoms with van der Waals surface area (Å²) in [6, 6.07) is 22.9. The smallest absolute Gasteiger partial charge is 0.110 e. The Kier molecular flexibility index (Phi) is 4.41. The van der Waals surface area contributed by atoms with Crippen molar-refractivity contribution in [3.05, 3.63) is 78.3 Å². The number of halogens is 1. The number of fused-ring (bicyclic) bond motifs is 1. The normalized spacial score (nSPS) is 10.6. The van der Waals surface area contributed by atoms with E-state index in [1.165, 1.54) is 16.5 Å². The lowest BCUT2D eigenvalue weighted by Crippen LogP contribution is -1.89. The second kappa shape index (κ2) is 6.50. The van der Waals surface area contributed by atoms with Gasteiger partial charge in [-0.05, 0) is 43.2 Å². The molecule has 0 saturated carbocycles. The Morgan fingerprint density at radius 2 is 1.50 bits per heavy atom. The van der Waals surface area contributed by atoms with Gasteiger partial charge in [0, 0.05) is 10.9 Å². The number of hydrogen-bond acceptors (Lipinski definition) is 2. The van der Waals surface area contributed by atoms with Crippen molar-refractivity contribution in [3.63, 3.8) is 0 Å². The van der Waals surface area contributed by atoms with Crippen LogP contribution in [0.2, 0.25) is 0 Å². The monoisotopic (exact) mass is 335 g/mol. The summed E-state index contributed by atoms with van der Waals surface area (Å²) in [5.41, 5.74) is 5.42. The average Bonchev–Trinajstić information content (AvgIpc) is 2.93. The van der Waals surface area contributed by atoms with Crippen LogP contribution in [0.15, 0.2) is 71.1 Å². The van der Waals surface area contributed by atoms with Crippen LogP contribution >= 0.6 is 12.4 Å². The van der Waals surface area contributed by atoms with Gasteiger partial charge in [-0.25, -0.2) is 4.98 Å². The number of hydrogen-bond donors (Lipinski definition) is 0. The van der Waals surface area contributed by atoms with Crippen molar-refractivity contribution in [2.75, 3.05) is 0 Å². The summed E-state index contributed by atoms with van der Waals surface area (Å²) in [4.78, 5) is 4.85. The van der Waals surface area contributed by atoms with Crippen molar-refractivity contribution in [2.45, 2.75) is 13.8 Å². The molecule has 0 aliphatic heterocycles. The fraction of sp³-hybridized carbons (Fsp3) is 0.0952. The molecule has 0 spiro atoms. The largest absolute Gasteiger partial charge is 0.466 e. The molecule has 0 bridgehead atoms. The van der Waals surface area contributed by atoms with Crippen LogP contribution in [0.4, 0.5) is 0 Å². The fourth-order valence-electron chi connectivity index (χ4n) is 3.06. The summed E-state index contributed by atoms with van der Waals surface area (Å²) < 4.78 is 5.69. The van der Waals surface area contributed by atoms with Crippen LogP contribution in [0.1, 0.15) is 11.5 Å². The van der Waals surface area contributed by atoms with Crippen molar-refractivity contribution < 1.29 is 4.42 Å². The minimum atomic E-state index is 0. The first kappa shape index (κ1) is 16.3. The Balaban J connectivity index is 0.00000169.